The second-order valence-electron chi connectivity index (χ2n) is 6.12. The van der Waals surface area contributed by atoms with E-state index >= 15 is 0 Å². The topological polar surface area (TPSA) is 81.9 Å². The summed E-state index contributed by atoms with van der Waals surface area (Å²) >= 11 is 0. The monoisotopic (exact) mass is 318 g/mol. The number of piperidine rings is 1. The number of amides is 2. The van der Waals surface area contributed by atoms with Crippen LogP contribution in [0.1, 0.15) is 36.0 Å². The minimum Gasteiger partial charge on any atom is -0.486 e. The highest BCUT2D eigenvalue weighted by molar-refractivity contribution is 5.95. The fraction of sp³-hybridized carbons (Fsp3) is 0.529. The summed E-state index contributed by atoms with van der Waals surface area (Å²) in [6.45, 7) is 2.47. The Labute approximate surface area is 135 Å². The van der Waals surface area contributed by atoms with E-state index in [9.17, 15) is 9.59 Å². The number of likely N-dealkylation sites (tertiary alicyclic amines) is 1. The van der Waals surface area contributed by atoms with Crippen LogP contribution in [-0.4, -0.2) is 43.0 Å². The number of benzene rings is 1. The first-order valence-corrected chi connectivity index (χ1v) is 8.10. The maximum absolute atomic E-state index is 12.7. The van der Waals surface area contributed by atoms with Crippen molar-refractivity contribution in [2.24, 2.45) is 11.7 Å². The molecule has 1 fully saturated rings. The van der Waals surface area contributed by atoms with E-state index in [0.29, 0.717) is 49.2 Å². The number of primary amides is 1. The zero-order chi connectivity index (χ0) is 16.2. The smallest absolute Gasteiger partial charge is 0.254 e. The van der Waals surface area contributed by atoms with Gasteiger partial charge in [0, 0.05) is 25.1 Å². The summed E-state index contributed by atoms with van der Waals surface area (Å²) in [6.07, 6.45) is 3.13. The Balaban J connectivity index is 1.66. The molecule has 1 atom stereocenters. The van der Waals surface area contributed by atoms with Crippen molar-refractivity contribution in [2.75, 3.05) is 26.3 Å². The van der Waals surface area contributed by atoms with Gasteiger partial charge in [-0.15, -0.1) is 0 Å². The lowest BCUT2D eigenvalue weighted by molar-refractivity contribution is -0.118. The van der Waals surface area contributed by atoms with Gasteiger partial charge in [-0.05, 0) is 43.4 Å². The van der Waals surface area contributed by atoms with Crippen molar-refractivity contribution in [3.05, 3.63) is 23.8 Å². The molecular weight excluding hydrogens is 296 g/mol. The molecule has 3 rings (SSSR count). The van der Waals surface area contributed by atoms with Crippen molar-refractivity contribution in [3.8, 4) is 11.5 Å². The number of rotatable bonds is 4. The van der Waals surface area contributed by atoms with Gasteiger partial charge in [-0.3, -0.25) is 9.59 Å². The lowest BCUT2D eigenvalue weighted by Gasteiger charge is -2.33. The van der Waals surface area contributed by atoms with Gasteiger partial charge >= 0.3 is 0 Å². The molecule has 2 heterocycles. The average molecular weight is 318 g/mol. The molecule has 0 spiro atoms. The fourth-order valence-electron chi connectivity index (χ4n) is 3.19. The van der Waals surface area contributed by atoms with E-state index in [-0.39, 0.29) is 11.8 Å². The van der Waals surface area contributed by atoms with Crippen molar-refractivity contribution in [2.45, 2.75) is 25.7 Å². The molecule has 6 nitrogen and oxygen atoms in total. The molecule has 0 saturated carbocycles. The molecule has 2 amide bonds. The Hall–Kier alpha value is -2.24. The highest BCUT2D eigenvalue weighted by Crippen LogP contribution is 2.31. The first-order valence-electron chi connectivity index (χ1n) is 8.10. The van der Waals surface area contributed by atoms with E-state index in [1.165, 1.54) is 0 Å². The van der Waals surface area contributed by atoms with Gasteiger partial charge in [-0.1, -0.05) is 0 Å². The summed E-state index contributed by atoms with van der Waals surface area (Å²) < 4.78 is 11.0. The van der Waals surface area contributed by atoms with Crippen LogP contribution >= 0.6 is 0 Å². The van der Waals surface area contributed by atoms with Gasteiger partial charge in [0.1, 0.15) is 13.2 Å². The molecule has 2 aliphatic heterocycles. The van der Waals surface area contributed by atoms with E-state index < -0.39 is 0 Å². The maximum atomic E-state index is 12.7. The van der Waals surface area contributed by atoms with Crippen LogP contribution in [0.15, 0.2) is 18.2 Å². The number of nitrogens with zero attached hydrogens (tertiary/aromatic N) is 1. The lowest BCUT2D eigenvalue weighted by atomic mass is 9.93. The third kappa shape index (κ3) is 3.75. The lowest BCUT2D eigenvalue weighted by Crippen LogP contribution is -2.40. The van der Waals surface area contributed by atoms with Gasteiger partial charge in [-0.2, -0.15) is 0 Å². The van der Waals surface area contributed by atoms with Crippen molar-refractivity contribution in [1.82, 2.24) is 4.90 Å². The van der Waals surface area contributed by atoms with Crippen molar-refractivity contribution in [1.29, 1.82) is 0 Å². The second kappa shape index (κ2) is 6.89. The van der Waals surface area contributed by atoms with Crippen molar-refractivity contribution in [3.63, 3.8) is 0 Å². The first kappa shape index (κ1) is 15.6. The van der Waals surface area contributed by atoms with Crippen molar-refractivity contribution >= 4 is 11.8 Å². The molecular formula is C17H22N2O4. The second-order valence-corrected chi connectivity index (χ2v) is 6.12. The number of fused-ring (bicyclic) bond motifs is 1. The van der Waals surface area contributed by atoms with Crippen LogP contribution < -0.4 is 15.2 Å². The Bertz CT molecular complexity index is 602. The molecule has 2 aliphatic rings. The van der Waals surface area contributed by atoms with Gasteiger partial charge in [0.05, 0.1) is 0 Å². The molecule has 0 radical (unpaired) electrons. The molecule has 0 bridgehead atoms. The van der Waals surface area contributed by atoms with Gasteiger partial charge in [-0.25, -0.2) is 0 Å². The van der Waals surface area contributed by atoms with E-state index in [2.05, 4.69) is 0 Å². The number of ether oxygens (including phenoxy) is 2. The van der Waals surface area contributed by atoms with E-state index in [4.69, 9.17) is 15.2 Å². The maximum Gasteiger partial charge on any atom is 0.254 e. The van der Waals surface area contributed by atoms with Gasteiger partial charge in [0.2, 0.25) is 5.91 Å². The summed E-state index contributed by atoms with van der Waals surface area (Å²) in [6, 6.07) is 5.32. The highest BCUT2D eigenvalue weighted by atomic mass is 16.6. The van der Waals surface area contributed by atoms with Gasteiger partial charge in [0.25, 0.3) is 5.91 Å². The van der Waals surface area contributed by atoms with Crippen LogP contribution in [0.25, 0.3) is 0 Å². The quantitative estimate of drug-likeness (QED) is 0.913. The third-order valence-electron chi connectivity index (χ3n) is 4.39. The van der Waals surface area contributed by atoms with Crippen LogP contribution in [0.3, 0.4) is 0 Å². The summed E-state index contributed by atoms with van der Waals surface area (Å²) in [5.74, 6) is 1.39. The number of carbonyl (C=O) groups excluding carboxylic acids is 2. The fourth-order valence-corrected chi connectivity index (χ4v) is 3.19. The molecule has 2 N–H and O–H groups in total. The standard InChI is InChI=1S/C17H22N2O4/c18-16(20)6-3-12-2-1-7-19(11-12)17(21)13-4-5-14-15(10-13)23-9-8-22-14/h4-5,10,12H,1-3,6-9,11H2,(H2,18,20)/t12-/m1/s1. The molecule has 6 heteroatoms. The Morgan fingerprint density at radius 2 is 2.00 bits per heavy atom. The largest absolute Gasteiger partial charge is 0.486 e. The summed E-state index contributed by atoms with van der Waals surface area (Å²) in [5, 5.41) is 0. The van der Waals surface area contributed by atoms with Crippen LogP contribution in [0, 0.1) is 5.92 Å². The van der Waals surface area contributed by atoms with E-state index in [1.54, 1.807) is 18.2 Å². The molecule has 1 saturated heterocycles. The van der Waals surface area contributed by atoms with Crippen LogP contribution in [0.5, 0.6) is 11.5 Å². The van der Waals surface area contributed by atoms with Crippen molar-refractivity contribution < 1.29 is 19.1 Å². The summed E-state index contributed by atoms with van der Waals surface area (Å²) in [5.41, 5.74) is 5.83. The number of hydrogen-bond acceptors (Lipinski definition) is 4. The summed E-state index contributed by atoms with van der Waals surface area (Å²) in [7, 11) is 0. The molecule has 0 aliphatic carbocycles. The molecule has 1 aromatic rings. The Morgan fingerprint density at radius 3 is 2.78 bits per heavy atom. The van der Waals surface area contributed by atoms with E-state index in [1.807, 2.05) is 4.90 Å². The zero-order valence-electron chi connectivity index (χ0n) is 13.1. The molecule has 1 aromatic carbocycles. The zero-order valence-corrected chi connectivity index (χ0v) is 13.1. The van der Waals surface area contributed by atoms with Gasteiger partial charge in [0.15, 0.2) is 11.5 Å². The number of carbonyl (C=O) groups is 2. The normalized spacial score (nSPS) is 20.2. The first-order chi connectivity index (χ1) is 11.1. The average Bonchev–Trinajstić information content (AvgIpc) is 2.59. The Morgan fingerprint density at radius 1 is 1.22 bits per heavy atom. The van der Waals surface area contributed by atoms with Gasteiger partial charge < -0.3 is 20.1 Å². The third-order valence-corrected chi connectivity index (χ3v) is 4.39. The molecule has 0 unspecified atom stereocenters. The van der Waals surface area contributed by atoms with Crippen LogP contribution in [0.4, 0.5) is 0 Å². The SMILES string of the molecule is NC(=O)CC[C@H]1CCCN(C(=O)c2ccc3c(c2)OCCO3)C1. The highest BCUT2D eigenvalue weighted by Gasteiger charge is 2.25. The van der Waals surface area contributed by atoms with Crippen LogP contribution in [0.2, 0.25) is 0 Å². The predicted octanol–water partition coefficient (Wildman–Crippen LogP) is 1.58. The minimum absolute atomic E-state index is 0.00532. The van der Waals surface area contributed by atoms with E-state index in [0.717, 1.165) is 25.8 Å². The summed E-state index contributed by atoms with van der Waals surface area (Å²) in [4.78, 5) is 25.5. The van der Waals surface area contributed by atoms with Crippen LogP contribution in [-0.2, 0) is 4.79 Å². The predicted molar refractivity (Wildman–Crippen MR) is 84.5 cm³/mol. The minimum atomic E-state index is -0.278. The number of nitrogens with two attached hydrogens (primary N) is 1. The molecule has 124 valence electrons. The molecule has 0 aromatic heterocycles. The molecule has 23 heavy (non-hydrogen) atoms. The number of hydrogen-bond donors (Lipinski definition) is 1. The Kier molecular flexibility index (Phi) is 4.69.